The Morgan fingerprint density at radius 2 is 2.33 bits per heavy atom. The molecule has 21 heavy (non-hydrogen) atoms. The lowest BCUT2D eigenvalue weighted by Crippen LogP contribution is -2.36. The number of aromatic nitrogens is 2. The number of rotatable bonds is 9. The molecule has 0 spiro atoms. The van der Waals surface area contributed by atoms with Crippen LogP contribution in [0.3, 0.4) is 0 Å². The number of nitrogens with zero attached hydrogens (tertiary/aromatic N) is 3. The lowest BCUT2D eigenvalue weighted by Gasteiger charge is -2.19. The number of hydrogen-bond donors (Lipinski definition) is 2. The summed E-state index contributed by atoms with van der Waals surface area (Å²) in [6.45, 7) is 8.17. The van der Waals surface area contributed by atoms with Gasteiger partial charge >= 0.3 is 0 Å². The van der Waals surface area contributed by atoms with Gasteiger partial charge in [0, 0.05) is 31.4 Å². The van der Waals surface area contributed by atoms with E-state index in [1.807, 2.05) is 11.6 Å². The monoisotopic (exact) mass is 293 g/mol. The Bertz CT molecular complexity index is 467. The second-order valence-corrected chi connectivity index (χ2v) is 5.62. The molecule has 0 unspecified atom stereocenters. The fourth-order valence-corrected chi connectivity index (χ4v) is 2.58. The van der Waals surface area contributed by atoms with Crippen LogP contribution in [0.1, 0.15) is 42.2 Å². The van der Waals surface area contributed by atoms with E-state index < -0.39 is 0 Å². The van der Waals surface area contributed by atoms with Gasteiger partial charge in [0.05, 0.1) is 11.8 Å². The van der Waals surface area contributed by atoms with Gasteiger partial charge < -0.3 is 11.1 Å². The van der Waals surface area contributed by atoms with E-state index in [-0.39, 0.29) is 5.91 Å². The minimum atomic E-state index is -0.0293. The number of nitrogens with one attached hydrogen (secondary N) is 1. The summed E-state index contributed by atoms with van der Waals surface area (Å²) in [5.41, 5.74) is 7.09. The SMILES string of the molecule is CCN(CCNC(=O)c1cnn(CCCN)c1C)C1CC1. The molecule has 0 atom stereocenters. The van der Waals surface area contributed by atoms with Crippen molar-refractivity contribution in [3.8, 4) is 0 Å². The first-order valence-corrected chi connectivity index (χ1v) is 7.92. The maximum atomic E-state index is 12.2. The molecule has 0 bridgehead atoms. The van der Waals surface area contributed by atoms with Crippen molar-refractivity contribution in [1.29, 1.82) is 0 Å². The van der Waals surface area contributed by atoms with Crippen LogP contribution >= 0.6 is 0 Å². The van der Waals surface area contributed by atoms with Gasteiger partial charge in [0.25, 0.3) is 5.91 Å². The van der Waals surface area contributed by atoms with Crippen molar-refractivity contribution in [3.63, 3.8) is 0 Å². The zero-order valence-corrected chi connectivity index (χ0v) is 13.1. The van der Waals surface area contributed by atoms with Crippen LogP contribution in [0.25, 0.3) is 0 Å². The van der Waals surface area contributed by atoms with Crippen molar-refractivity contribution >= 4 is 5.91 Å². The van der Waals surface area contributed by atoms with Gasteiger partial charge in [0.1, 0.15) is 0 Å². The van der Waals surface area contributed by atoms with Crippen molar-refractivity contribution in [1.82, 2.24) is 20.0 Å². The third-order valence-corrected chi connectivity index (χ3v) is 4.08. The second kappa shape index (κ2) is 7.56. The van der Waals surface area contributed by atoms with E-state index in [2.05, 4.69) is 22.2 Å². The smallest absolute Gasteiger partial charge is 0.254 e. The van der Waals surface area contributed by atoms with E-state index in [4.69, 9.17) is 5.73 Å². The molecule has 1 aliphatic carbocycles. The lowest BCUT2D eigenvalue weighted by atomic mass is 10.2. The van der Waals surface area contributed by atoms with Gasteiger partial charge in [0.15, 0.2) is 0 Å². The highest BCUT2D eigenvalue weighted by Gasteiger charge is 2.27. The Balaban J connectivity index is 1.81. The third-order valence-electron chi connectivity index (χ3n) is 4.08. The van der Waals surface area contributed by atoms with Crippen LogP contribution in [-0.4, -0.2) is 52.8 Å². The summed E-state index contributed by atoms with van der Waals surface area (Å²) in [6.07, 6.45) is 5.12. The number of hydrogen-bond acceptors (Lipinski definition) is 4. The average Bonchev–Trinajstić information content (AvgIpc) is 3.25. The molecule has 1 heterocycles. The minimum absolute atomic E-state index is 0.0293. The molecular weight excluding hydrogens is 266 g/mol. The zero-order valence-electron chi connectivity index (χ0n) is 13.1. The average molecular weight is 293 g/mol. The van der Waals surface area contributed by atoms with Crippen molar-refractivity contribution < 1.29 is 4.79 Å². The molecule has 1 aliphatic rings. The van der Waals surface area contributed by atoms with Crippen LogP contribution in [0.15, 0.2) is 6.20 Å². The van der Waals surface area contributed by atoms with Crippen molar-refractivity contribution in [3.05, 3.63) is 17.5 Å². The van der Waals surface area contributed by atoms with Gasteiger partial charge in [-0.2, -0.15) is 5.10 Å². The molecule has 0 radical (unpaired) electrons. The Hall–Kier alpha value is -1.40. The van der Waals surface area contributed by atoms with Gasteiger partial charge in [-0.05, 0) is 39.3 Å². The van der Waals surface area contributed by atoms with Crippen molar-refractivity contribution in [2.75, 3.05) is 26.2 Å². The van der Waals surface area contributed by atoms with Crippen LogP contribution in [0.4, 0.5) is 0 Å². The number of amides is 1. The lowest BCUT2D eigenvalue weighted by molar-refractivity contribution is 0.0947. The molecule has 0 aliphatic heterocycles. The molecule has 1 saturated carbocycles. The minimum Gasteiger partial charge on any atom is -0.351 e. The van der Waals surface area contributed by atoms with E-state index >= 15 is 0 Å². The van der Waals surface area contributed by atoms with E-state index in [1.165, 1.54) is 12.8 Å². The number of aryl methyl sites for hydroxylation is 1. The summed E-state index contributed by atoms with van der Waals surface area (Å²) in [6, 6.07) is 0.743. The van der Waals surface area contributed by atoms with E-state index in [0.29, 0.717) is 18.7 Å². The van der Waals surface area contributed by atoms with Crippen LogP contribution < -0.4 is 11.1 Å². The summed E-state index contributed by atoms with van der Waals surface area (Å²) >= 11 is 0. The quantitative estimate of drug-likeness (QED) is 0.704. The molecule has 3 N–H and O–H groups in total. The van der Waals surface area contributed by atoms with Crippen LogP contribution in [0.5, 0.6) is 0 Å². The molecule has 1 fully saturated rings. The van der Waals surface area contributed by atoms with Gasteiger partial charge in [-0.15, -0.1) is 0 Å². The largest absolute Gasteiger partial charge is 0.351 e. The topological polar surface area (TPSA) is 76.2 Å². The summed E-state index contributed by atoms with van der Waals surface area (Å²) in [5, 5.41) is 7.26. The first kappa shape index (κ1) is 16.0. The second-order valence-electron chi connectivity index (χ2n) is 5.62. The van der Waals surface area contributed by atoms with Gasteiger partial charge in [-0.25, -0.2) is 0 Å². The number of likely N-dealkylation sites (N-methyl/N-ethyl adjacent to an activating group) is 1. The summed E-state index contributed by atoms with van der Waals surface area (Å²) in [7, 11) is 0. The zero-order chi connectivity index (χ0) is 15.2. The number of carbonyl (C=O) groups excluding carboxylic acids is 1. The van der Waals surface area contributed by atoms with Crippen molar-refractivity contribution in [2.24, 2.45) is 5.73 Å². The molecule has 118 valence electrons. The molecule has 6 heteroatoms. The van der Waals surface area contributed by atoms with Crippen LogP contribution in [0, 0.1) is 6.92 Å². The maximum absolute atomic E-state index is 12.2. The summed E-state index contributed by atoms with van der Waals surface area (Å²) in [4.78, 5) is 14.6. The van der Waals surface area contributed by atoms with E-state index in [0.717, 1.165) is 37.8 Å². The molecule has 0 aromatic carbocycles. The summed E-state index contributed by atoms with van der Waals surface area (Å²) in [5.74, 6) is -0.0293. The molecular formula is C15H27N5O. The molecule has 1 aromatic rings. The third kappa shape index (κ3) is 4.28. The molecule has 1 aromatic heterocycles. The maximum Gasteiger partial charge on any atom is 0.254 e. The Morgan fingerprint density at radius 3 is 2.95 bits per heavy atom. The van der Waals surface area contributed by atoms with E-state index in [1.54, 1.807) is 6.20 Å². The van der Waals surface area contributed by atoms with Gasteiger partial charge in [-0.1, -0.05) is 6.92 Å². The first-order chi connectivity index (χ1) is 10.2. The molecule has 2 rings (SSSR count). The predicted octanol–water partition coefficient (Wildman–Crippen LogP) is 0.754. The molecule has 0 saturated heterocycles. The highest BCUT2D eigenvalue weighted by atomic mass is 16.1. The highest BCUT2D eigenvalue weighted by molar-refractivity contribution is 5.95. The summed E-state index contributed by atoms with van der Waals surface area (Å²) < 4.78 is 1.85. The van der Waals surface area contributed by atoms with Gasteiger partial charge in [-0.3, -0.25) is 14.4 Å². The van der Waals surface area contributed by atoms with Crippen LogP contribution in [-0.2, 0) is 6.54 Å². The Morgan fingerprint density at radius 1 is 1.57 bits per heavy atom. The Kier molecular flexibility index (Phi) is 5.76. The standard InChI is InChI=1S/C15H27N5O/c1-3-19(13-5-6-13)10-8-17-15(21)14-11-18-20(12(14)2)9-4-7-16/h11,13H,3-10,16H2,1-2H3,(H,17,21). The Labute approximate surface area is 126 Å². The first-order valence-electron chi connectivity index (χ1n) is 7.92. The van der Waals surface area contributed by atoms with Crippen LogP contribution in [0.2, 0.25) is 0 Å². The fourth-order valence-electron chi connectivity index (χ4n) is 2.58. The molecule has 1 amide bonds. The predicted molar refractivity (Wildman–Crippen MR) is 83.2 cm³/mol. The number of nitrogens with two attached hydrogens (primary N) is 1. The highest BCUT2D eigenvalue weighted by Crippen LogP contribution is 2.25. The van der Waals surface area contributed by atoms with Gasteiger partial charge in [0.2, 0.25) is 0 Å². The fraction of sp³-hybridized carbons (Fsp3) is 0.733. The molecule has 6 nitrogen and oxygen atoms in total. The number of carbonyl (C=O) groups is 1. The van der Waals surface area contributed by atoms with E-state index in [9.17, 15) is 4.79 Å². The normalized spacial score (nSPS) is 14.7. The van der Waals surface area contributed by atoms with Crippen molar-refractivity contribution in [2.45, 2.75) is 45.7 Å².